The van der Waals surface area contributed by atoms with Gasteiger partial charge in [0.1, 0.15) is 6.17 Å². The zero-order valence-corrected chi connectivity index (χ0v) is 5.22. The van der Waals surface area contributed by atoms with Gasteiger partial charge in [0.2, 0.25) is 0 Å². The van der Waals surface area contributed by atoms with Gasteiger partial charge in [0, 0.05) is 18.8 Å². The van der Waals surface area contributed by atoms with E-state index in [9.17, 15) is 0 Å². The summed E-state index contributed by atoms with van der Waals surface area (Å²) in [5.74, 6) is 0. The fraction of sp³-hybridized carbons (Fsp3) is 0.667. The van der Waals surface area contributed by atoms with Gasteiger partial charge < -0.3 is 5.43 Å². The van der Waals surface area contributed by atoms with Gasteiger partial charge in [-0.3, -0.25) is 5.32 Å². The Morgan fingerprint density at radius 3 is 3.56 bits per heavy atom. The SMILES string of the molecule is [C]1=CNN2CCCNC12. The summed E-state index contributed by atoms with van der Waals surface area (Å²) in [6, 6.07) is 0. The molecule has 9 heavy (non-hydrogen) atoms. The van der Waals surface area contributed by atoms with Gasteiger partial charge in [-0.25, -0.2) is 5.01 Å². The number of fused-ring (bicyclic) bond motifs is 1. The third-order valence-corrected chi connectivity index (χ3v) is 1.70. The summed E-state index contributed by atoms with van der Waals surface area (Å²) >= 11 is 0. The third kappa shape index (κ3) is 0.821. The molecule has 0 saturated carbocycles. The largest absolute Gasteiger partial charge is 0.324 e. The third-order valence-electron chi connectivity index (χ3n) is 1.70. The van der Waals surface area contributed by atoms with E-state index >= 15 is 0 Å². The Hall–Kier alpha value is -0.540. The quantitative estimate of drug-likeness (QED) is 0.453. The lowest BCUT2D eigenvalue weighted by Crippen LogP contribution is -2.51. The summed E-state index contributed by atoms with van der Waals surface area (Å²) in [7, 11) is 0. The molecular formula is C6H10N3. The van der Waals surface area contributed by atoms with Crippen LogP contribution in [0.1, 0.15) is 6.42 Å². The highest BCUT2D eigenvalue weighted by atomic mass is 15.6. The maximum atomic E-state index is 3.30. The Kier molecular flexibility index (Phi) is 1.17. The summed E-state index contributed by atoms with van der Waals surface area (Å²) in [4.78, 5) is 0. The van der Waals surface area contributed by atoms with Crippen molar-refractivity contribution in [3.8, 4) is 0 Å². The topological polar surface area (TPSA) is 27.3 Å². The van der Waals surface area contributed by atoms with Crippen LogP contribution in [0.15, 0.2) is 6.20 Å². The molecule has 0 amide bonds. The van der Waals surface area contributed by atoms with E-state index in [2.05, 4.69) is 21.8 Å². The van der Waals surface area contributed by atoms with Crippen LogP contribution in [0.2, 0.25) is 0 Å². The molecule has 2 N–H and O–H groups in total. The maximum absolute atomic E-state index is 3.30. The monoisotopic (exact) mass is 124 g/mol. The van der Waals surface area contributed by atoms with E-state index in [0.717, 1.165) is 13.1 Å². The summed E-state index contributed by atoms with van der Waals surface area (Å²) in [6.07, 6.45) is 6.55. The Bertz CT molecular complexity index is 132. The Balaban J connectivity index is 2.03. The van der Waals surface area contributed by atoms with Gasteiger partial charge in [0.05, 0.1) is 0 Å². The highest BCUT2D eigenvalue weighted by Gasteiger charge is 2.21. The first-order chi connectivity index (χ1) is 4.47. The van der Waals surface area contributed by atoms with Crippen molar-refractivity contribution in [3.05, 3.63) is 12.3 Å². The highest BCUT2D eigenvalue weighted by molar-refractivity contribution is 4.91. The molecular weight excluding hydrogens is 114 g/mol. The molecule has 0 aromatic heterocycles. The van der Waals surface area contributed by atoms with Crippen molar-refractivity contribution in [2.45, 2.75) is 12.6 Å². The molecule has 0 aromatic rings. The normalized spacial score (nSPS) is 34.0. The number of hydrazine groups is 1. The van der Waals surface area contributed by atoms with Crippen molar-refractivity contribution < 1.29 is 0 Å². The predicted octanol–water partition coefficient (Wildman–Crippen LogP) is -0.557. The van der Waals surface area contributed by atoms with Crippen molar-refractivity contribution in [2.24, 2.45) is 0 Å². The van der Waals surface area contributed by atoms with Crippen molar-refractivity contribution in [1.29, 1.82) is 0 Å². The van der Waals surface area contributed by atoms with Crippen molar-refractivity contribution >= 4 is 0 Å². The average Bonchev–Trinajstić information content (AvgIpc) is 2.33. The second-order valence-corrected chi connectivity index (χ2v) is 2.34. The van der Waals surface area contributed by atoms with E-state index in [4.69, 9.17) is 0 Å². The van der Waals surface area contributed by atoms with Crippen LogP contribution in [0.25, 0.3) is 0 Å². The van der Waals surface area contributed by atoms with Crippen LogP contribution in [0.5, 0.6) is 0 Å². The van der Waals surface area contributed by atoms with E-state index in [1.54, 1.807) is 0 Å². The van der Waals surface area contributed by atoms with Crippen LogP contribution in [0.4, 0.5) is 0 Å². The molecule has 3 nitrogen and oxygen atoms in total. The summed E-state index contributed by atoms with van der Waals surface area (Å²) < 4.78 is 0. The summed E-state index contributed by atoms with van der Waals surface area (Å²) in [6.45, 7) is 2.24. The van der Waals surface area contributed by atoms with Crippen molar-refractivity contribution in [3.63, 3.8) is 0 Å². The molecule has 2 rings (SSSR count). The zero-order valence-electron chi connectivity index (χ0n) is 5.22. The van der Waals surface area contributed by atoms with Gasteiger partial charge in [-0.15, -0.1) is 0 Å². The van der Waals surface area contributed by atoms with Crippen molar-refractivity contribution in [2.75, 3.05) is 13.1 Å². The summed E-state index contributed by atoms with van der Waals surface area (Å²) in [5.41, 5.74) is 3.09. The van der Waals surface area contributed by atoms with Gasteiger partial charge in [0.15, 0.2) is 0 Å². The second-order valence-electron chi connectivity index (χ2n) is 2.34. The van der Waals surface area contributed by atoms with Crippen LogP contribution in [-0.4, -0.2) is 24.3 Å². The number of rotatable bonds is 0. The van der Waals surface area contributed by atoms with E-state index in [-0.39, 0.29) is 0 Å². The van der Waals surface area contributed by atoms with Crippen molar-refractivity contribution in [1.82, 2.24) is 15.8 Å². The molecule has 1 radical (unpaired) electrons. The van der Waals surface area contributed by atoms with Crippen LogP contribution < -0.4 is 10.7 Å². The highest BCUT2D eigenvalue weighted by Crippen LogP contribution is 2.05. The summed E-state index contributed by atoms with van der Waals surface area (Å²) in [5, 5.41) is 5.44. The minimum atomic E-state index is 0.332. The van der Waals surface area contributed by atoms with E-state index in [1.165, 1.54) is 6.42 Å². The molecule has 2 aliphatic heterocycles. The van der Waals surface area contributed by atoms with E-state index in [0.29, 0.717) is 6.17 Å². The first-order valence-electron chi connectivity index (χ1n) is 3.31. The molecule has 0 spiro atoms. The second kappa shape index (κ2) is 2.01. The lowest BCUT2D eigenvalue weighted by molar-refractivity contribution is 0.139. The molecule has 1 saturated heterocycles. The van der Waals surface area contributed by atoms with Crippen LogP contribution in [0.3, 0.4) is 0 Å². The fourth-order valence-corrected chi connectivity index (χ4v) is 1.21. The molecule has 49 valence electrons. The van der Waals surface area contributed by atoms with Gasteiger partial charge in [0.25, 0.3) is 0 Å². The Labute approximate surface area is 54.7 Å². The van der Waals surface area contributed by atoms with E-state index < -0.39 is 0 Å². The minimum Gasteiger partial charge on any atom is -0.324 e. The minimum absolute atomic E-state index is 0.332. The van der Waals surface area contributed by atoms with Gasteiger partial charge >= 0.3 is 0 Å². The standard InChI is InChI=1S/C6H10N3/c1-3-7-6-2-4-8-9(6)5-1/h4,6-8H,1,3,5H2. The molecule has 2 heterocycles. The molecule has 0 aromatic carbocycles. The maximum Gasteiger partial charge on any atom is 0.106 e. The molecule has 0 aliphatic carbocycles. The van der Waals surface area contributed by atoms with Crippen LogP contribution >= 0.6 is 0 Å². The predicted molar refractivity (Wildman–Crippen MR) is 34.1 cm³/mol. The fourth-order valence-electron chi connectivity index (χ4n) is 1.21. The van der Waals surface area contributed by atoms with Gasteiger partial charge in [-0.2, -0.15) is 0 Å². The number of hydrogen-bond donors (Lipinski definition) is 2. The lowest BCUT2D eigenvalue weighted by Gasteiger charge is -2.29. The molecule has 2 aliphatic rings. The first kappa shape index (κ1) is 5.26. The average molecular weight is 124 g/mol. The number of hydrogen-bond acceptors (Lipinski definition) is 3. The molecule has 1 unspecified atom stereocenters. The first-order valence-corrected chi connectivity index (χ1v) is 3.31. The molecule has 0 bridgehead atoms. The Morgan fingerprint density at radius 2 is 2.67 bits per heavy atom. The van der Waals surface area contributed by atoms with Crippen LogP contribution in [0, 0.1) is 6.08 Å². The molecule has 1 atom stereocenters. The van der Waals surface area contributed by atoms with E-state index in [1.807, 2.05) is 6.20 Å². The lowest BCUT2D eigenvalue weighted by atomic mass is 10.3. The van der Waals surface area contributed by atoms with Gasteiger partial charge in [-0.1, -0.05) is 0 Å². The molecule has 1 fully saturated rings. The number of nitrogens with zero attached hydrogens (tertiary/aromatic N) is 1. The smallest absolute Gasteiger partial charge is 0.106 e. The van der Waals surface area contributed by atoms with Crippen LogP contribution in [-0.2, 0) is 0 Å². The van der Waals surface area contributed by atoms with Gasteiger partial charge in [-0.05, 0) is 13.0 Å². The zero-order chi connectivity index (χ0) is 6.10. The Morgan fingerprint density at radius 1 is 1.67 bits per heavy atom. The number of nitrogens with one attached hydrogen (secondary N) is 2. The molecule has 3 heteroatoms.